The fraction of sp³-hybridized carbons (Fsp3) is 0.615. The van der Waals surface area contributed by atoms with Gasteiger partial charge in [-0.25, -0.2) is 4.79 Å². The molecule has 1 N–H and O–H groups in total. The van der Waals surface area contributed by atoms with Crippen molar-refractivity contribution in [2.45, 2.75) is 32.6 Å². The standard InChI is InChI=1S/C13H19N3O2/c1-2-10-4-3-8-16(9-6-10)12-11(13(17)18)5-7-14-15-12/h5,7,10H,2-4,6,8-9H2,1H3,(H,17,18). The topological polar surface area (TPSA) is 66.3 Å². The molecule has 0 aliphatic carbocycles. The Morgan fingerprint density at radius 2 is 2.33 bits per heavy atom. The maximum atomic E-state index is 11.2. The first kappa shape index (κ1) is 12.8. The third kappa shape index (κ3) is 2.78. The maximum Gasteiger partial charge on any atom is 0.339 e. The van der Waals surface area contributed by atoms with Crippen LogP contribution in [0.2, 0.25) is 0 Å². The van der Waals surface area contributed by atoms with Gasteiger partial charge in [0.2, 0.25) is 0 Å². The van der Waals surface area contributed by atoms with Gasteiger partial charge in [-0.3, -0.25) is 0 Å². The van der Waals surface area contributed by atoms with Gasteiger partial charge in [0.05, 0.1) is 6.20 Å². The van der Waals surface area contributed by atoms with Gasteiger partial charge in [0.15, 0.2) is 5.82 Å². The molecule has 0 radical (unpaired) electrons. The molecule has 2 rings (SSSR count). The molecule has 0 aromatic carbocycles. The van der Waals surface area contributed by atoms with Gasteiger partial charge in [0.1, 0.15) is 5.56 Å². The second kappa shape index (κ2) is 5.80. The van der Waals surface area contributed by atoms with Gasteiger partial charge in [-0.1, -0.05) is 13.3 Å². The summed E-state index contributed by atoms with van der Waals surface area (Å²) in [6.45, 7) is 3.96. The molecule has 1 saturated heterocycles. The number of nitrogens with zero attached hydrogens (tertiary/aromatic N) is 3. The van der Waals surface area contributed by atoms with E-state index in [-0.39, 0.29) is 5.56 Å². The van der Waals surface area contributed by atoms with Gasteiger partial charge >= 0.3 is 5.97 Å². The number of aromatic carboxylic acids is 1. The van der Waals surface area contributed by atoms with Crippen molar-refractivity contribution in [2.75, 3.05) is 18.0 Å². The molecule has 1 aromatic heterocycles. The average molecular weight is 249 g/mol. The van der Waals surface area contributed by atoms with Crippen molar-refractivity contribution in [3.63, 3.8) is 0 Å². The van der Waals surface area contributed by atoms with Crippen molar-refractivity contribution in [2.24, 2.45) is 5.92 Å². The Labute approximate surface area is 107 Å². The summed E-state index contributed by atoms with van der Waals surface area (Å²) in [7, 11) is 0. The van der Waals surface area contributed by atoms with Crippen LogP contribution in [0.1, 0.15) is 43.0 Å². The lowest BCUT2D eigenvalue weighted by atomic mass is 9.98. The summed E-state index contributed by atoms with van der Waals surface area (Å²) in [5, 5.41) is 17.0. The number of carbonyl (C=O) groups is 1. The highest BCUT2D eigenvalue weighted by molar-refractivity contribution is 5.93. The summed E-state index contributed by atoms with van der Waals surface area (Å²) >= 11 is 0. The first-order valence-corrected chi connectivity index (χ1v) is 6.52. The molecule has 1 atom stereocenters. The molecule has 0 spiro atoms. The third-order valence-corrected chi connectivity index (χ3v) is 3.66. The molecular weight excluding hydrogens is 230 g/mol. The zero-order valence-corrected chi connectivity index (χ0v) is 10.7. The smallest absolute Gasteiger partial charge is 0.339 e. The summed E-state index contributed by atoms with van der Waals surface area (Å²) in [6, 6.07) is 1.52. The zero-order chi connectivity index (χ0) is 13.0. The minimum Gasteiger partial charge on any atom is -0.478 e. The summed E-state index contributed by atoms with van der Waals surface area (Å²) in [6.07, 6.45) is 6.04. The van der Waals surface area contributed by atoms with Crippen molar-refractivity contribution in [1.29, 1.82) is 0 Å². The van der Waals surface area contributed by atoms with Gasteiger partial charge in [-0.2, -0.15) is 5.10 Å². The van der Waals surface area contributed by atoms with E-state index >= 15 is 0 Å². The molecule has 0 saturated carbocycles. The normalized spacial score (nSPS) is 20.5. The Bertz CT molecular complexity index is 422. The number of anilines is 1. The van der Waals surface area contributed by atoms with Gasteiger partial charge in [0, 0.05) is 13.1 Å². The number of carboxylic acid groups (broad SMARTS) is 1. The molecule has 98 valence electrons. The highest BCUT2D eigenvalue weighted by Crippen LogP contribution is 2.24. The summed E-state index contributed by atoms with van der Waals surface area (Å²) in [4.78, 5) is 13.2. The Kier molecular flexibility index (Phi) is 4.12. The highest BCUT2D eigenvalue weighted by atomic mass is 16.4. The number of rotatable bonds is 3. The number of carboxylic acids is 1. The van der Waals surface area contributed by atoms with Crippen molar-refractivity contribution >= 4 is 11.8 Å². The SMILES string of the molecule is CCC1CCCN(c2nnccc2C(=O)O)CC1. The maximum absolute atomic E-state index is 11.2. The first-order chi connectivity index (χ1) is 8.72. The van der Waals surface area contributed by atoms with E-state index < -0.39 is 5.97 Å². The molecule has 1 unspecified atom stereocenters. The molecule has 18 heavy (non-hydrogen) atoms. The fourth-order valence-electron chi connectivity index (χ4n) is 2.51. The number of hydrogen-bond donors (Lipinski definition) is 1. The quantitative estimate of drug-likeness (QED) is 0.889. The van der Waals surface area contributed by atoms with E-state index in [4.69, 9.17) is 0 Å². The van der Waals surface area contributed by atoms with Gasteiger partial charge < -0.3 is 10.0 Å². The van der Waals surface area contributed by atoms with E-state index in [1.807, 2.05) is 0 Å². The number of aromatic nitrogens is 2. The highest BCUT2D eigenvalue weighted by Gasteiger charge is 2.21. The van der Waals surface area contributed by atoms with Crippen LogP contribution in [-0.4, -0.2) is 34.4 Å². The summed E-state index contributed by atoms with van der Waals surface area (Å²) < 4.78 is 0. The Morgan fingerprint density at radius 3 is 3.06 bits per heavy atom. The second-order valence-electron chi connectivity index (χ2n) is 4.77. The second-order valence-corrected chi connectivity index (χ2v) is 4.77. The van der Waals surface area contributed by atoms with Crippen molar-refractivity contribution in [3.8, 4) is 0 Å². The predicted octanol–water partition coefficient (Wildman–Crippen LogP) is 2.19. The molecule has 1 aliphatic rings. The lowest BCUT2D eigenvalue weighted by molar-refractivity contribution is 0.0697. The summed E-state index contributed by atoms with van der Waals surface area (Å²) in [5.74, 6) is 0.331. The van der Waals surface area contributed by atoms with E-state index in [0.717, 1.165) is 31.8 Å². The number of hydrogen-bond acceptors (Lipinski definition) is 4. The Morgan fingerprint density at radius 1 is 1.50 bits per heavy atom. The van der Waals surface area contributed by atoms with Crippen LogP contribution < -0.4 is 4.90 Å². The van der Waals surface area contributed by atoms with Gasteiger partial charge in [0.25, 0.3) is 0 Å². The molecule has 1 fully saturated rings. The average Bonchev–Trinajstić information content (AvgIpc) is 2.63. The van der Waals surface area contributed by atoms with Crippen molar-refractivity contribution in [3.05, 3.63) is 17.8 Å². The van der Waals surface area contributed by atoms with Crippen LogP contribution in [0.5, 0.6) is 0 Å². The van der Waals surface area contributed by atoms with E-state index in [0.29, 0.717) is 5.82 Å². The van der Waals surface area contributed by atoms with Crippen LogP contribution in [0, 0.1) is 5.92 Å². The zero-order valence-electron chi connectivity index (χ0n) is 10.7. The van der Waals surface area contributed by atoms with E-state index in [9.17, 15) is 9.90 Å². The molecule has 5 heteroatoms. The van der Waals surface area contributed by atoms with Crippen LogP contribution >= 0.6 is 0 Å². The van der Waals surface area contributed by atoms with E-state index in [2.05, 4.69) is 22.0 Å². The van der Waals surface area contributed by atoms with E-state index in [1.165, 1.54) is 25.1 Å². The monoisotopic (exact) mass is 249 g/mol. The predicted molar refractivity (Wildman–Crippen MR) is 68.8 cm³/mol. The van der Waals surface area contributed by atoms with Crippen molar-refractivity contribution < 1.29 is 9.90 Å². The first-order valence-electron chi connectivity index (χ1n) is 6.52. The molecule has 5 nitrogen and oxygen atoms in total. The Balaban J connectivity index is 2.18. The van der Waals surface area contributed by atoms with E-state index in [1.54, 1.807) is 0 Å². The molecule has 1 aliphatic heterocycles. The van der Waals surface area contributed by atoms with Crippen LogP contribution in [-0.2, 0) is 0 Å². The van der Waals surface area contributed by atoms with Crippen LogP contribution in [0.15, 0.2) is 12.3 Å². The summed E-state index contributed by atoms with van der Waals surface area (Å²) in [5.41, 5.74) is 0.250. The molecule has 0 bridgehead atoms. The minimum absolute atomic E-state index is 0.250. The Hall–Kier alpha value is -1.65. The molecule has 0 amide bonds. The van der Waals surface area contributed by atoms with Crippen molar-refractivity contribution in [1.82, 2.24) is 10.2 Å². The van der Waals surface area contributed by atoms with Gasteiger partial charge in [-0.05, 0) is 31.2 Å². The molecule has 1 aromatic rings. The minimum atomic E-state index is -0.934. The fourth-order valence-corrected chi connectivity index (χ4v) is 2.51. The third-order valence-electron chi connectivity index (χ3n) is 3.66. The lowest BCUT2D eigenvalue weighted by Crippen LogP contribution is -2.27. The molecule has 2 heterocycles. The van der Waals surface area contributed by atoms with Gasteiger partial charge in [-0.15, -0.1) is 5.10 Å². The van der Waals surface area contributed by atoms with Crippen LogP contribution in [0.25, 0.3) is 0 Å². The largest absolute Gasteiger partial charge is 0.478 e. The lowest BCUT2D eigenvalue weighted by Gasteiger charge is -2.22. The van der Waals surface area contributed by atoms with Crippen LogP contribution in [0.3, 0.4) is 0 Å². The van der Waals surface area contributed by atoms with Crippen LogP contribution in [0.4, 0.5) is 5.82 Å². The molecular formula is C13H19N3O2.